The number of carbonyl (C=O) groups is 4. The van der Waals surface area contributed by atoms with E-state index in [4.69, 9.17) is 4.74 Å². The number of benzene rings is 4. The van der Waals surface area contributed by atoms with Crippen molar-refractivity contribution in [1.29, 1.82) is 0 Å². The monoisotopic (exact) mass is 697 g/mol. The fraction of sp³-hybridized carbons (Fsp3) is 0.286. The summed E-state index contributed by atoms with van der Waals surface area (Å²) in [5, 5.41) is 21.9. The number of amides is 4. The van der Waals surface area contributed by atoms with Gasteiger partial charge in [-0.1, -0.05) is 77.9 Å². The molecule has 2 aliphatic heterocycles. The topological polar surface area (TPSA) is 136 Å². The summed E-state index contributed by atoms with van der Waals surface area (Å²) in [6, 6.07) is 28.4. The second kappa shape index (κ2) is 12.7. The number of allylic oxidation sites excluding steroid dienone is 2. The number of nitrogens with zero attached hydrogens (tertiary/aromatic N) is 2. The molecule has 6 unspecified atom stereocenters. The van der Waals surface area contributed by atoms with Crippen LogP contribution in [0.4, 0.5) is 5.69 Å². The highest BCUT2D eigenvalue weighted by Gasteiger charge is 2.70. The molecule has 2 heterocycles. The largest absolute Gasteiger partial charge is 0.508 e. The fourth-order valence-corrected chi connectivity index (χ4v) is 9.20. The molecule has 4 amide bonds. The molecular formula is C42H39N3O7. The van der Waals surface area contributed by atoms with Crippen LogP contribution < -0.4 is 10.2 Å². The lowest BCUT2D eigenvalue weighted by Gasteiger charge is -2.50. The van der Waals surface area contributed by atoms with Crippen molar-refractivity contribution in [3.8, 4) is 17.2 Å². The number of hydrazine groups is 1. The highest BCUT2D eigenvalue weighted by molar-refractivity contribution is 6.13. The third-order valence-corrected chi connectivity index (χ3v) is 11.6. The molecule has 0 aromatic heterocycles. The molecule has 8 rings (SSSR count). The molecule has 1 saturated carbocycles. The molecule has 6 atom stereocenters. The van der Waals surface area contributed by atoms with E-state index in [1.807, 2.05) is 67.6 Å². The van der Waals surface area contributed by atoms with Crippen LogP contribution in [0.15, 0.2) is 109 Å². The predicted octanol–water partition coefficient (Wildman–Crippen LogP) is 5.64. The summed E-state index contributed by atoms with van der Waals surface area (Å²) < 4.78 is 5.37. The van der Waals surface area contributed by atoms with Gasteiger partial charge in [-0.15, -0.1) is 0 Å². The van der Waals surface area contributed by atoms with Gasteiger partial charge in [-0.3, -0.25) is 29.5 Å². The minimum absolute atomic E-state index is 0.116. The van der Waals surface area contributed by atoms with E-state index in [1.165, 1.54) is 12.0 Å². The van der Waals surface area contributed by atoms with Crippen molar-refractivity contribution in [2.75, 3.05) is 19.1 Å². The van der Waals surface area contributed by atoms with Crippen LogP contribution in [0.3, 0.4) is 0 Å². The fourth-order valence-electron chi connectivity index (χ4n) is 9.20. The van der Waals surface area contributed by atoms with Crippen LogP contribution in [-0.2, 0) is 31.0 Å². The Morgan fingerprint density at radius 2 is 1.58 bits per heavy atom. The number of hydrogen-bond donors (Lipinski definition) is 3. The highest BCUT2D eigenvalue weighted by Crippen LogP contribution is 2.64. The van der Waals surface area contributed by atoms with E-state index < -0.39 is 46.8 Å². The first-order valence-electron chi connectivity index (χ1n) is 17.6. The average molecular weight is 698 g/mol. The number of aryl methyl sites for hydroxylation is 1. The summed E-state index contributed by atoms with van der Waals surface area (Å²) >= 11 is 0. The zero-order chi connectivity index (χ0) is 36.3. The Bertz CT molecular complexity index is 2110. The van der Waals surface area contributed by atoms with Gasteiger partial charge in [-0.05, 0) is 85.2 Å². The van der Waals surface area contributed by atoms with Crippen molar-refractivity contribution in [2.45, 2.75) is 37.5 Å². The Kier molecular flexibility index (Phi) is 8.12. The lowest BCUT2D eigenvalue weighted by molar-refractivity contribution is -0.141. The molecule has 0 radical (unpaired) electrons. The summed E-state index contributed by atoms with van der Waals surface area (Å²) in [6.07, 6.45) is 2.92. The van der Waals surface area contributed by atoms with Crippen molar-refractivity contribution < 1.29 is 34.1 Å². The number of ether oxygens (including phenoxy) is 1. The van der Waals surface area contributed by atoms with Crippen molar-refractivity contribution in [3.63, 3.8) is 0 Å². The predicted molar refractivity (Wildman–Crippen MR) is 192 cm³/mol. The average Bonchev–Trinajstić information content (AvgIpc) is 3.52. The lowest BCUT2D eigenvalue weighted by Crippen LogP contribution is -2.53. The summed E-state index contributed by atoms with van der Waals surface area (Å²) in [4.78, 5) is 59.7. The molecule has 0 spiro atoms. The maximum absolute atomic E-state index is 15.2. The van der Waals surface area contributed by atoms with Crippen LogP contribution in [0.5, 0.6) is 17.2 Å². The molecular weight excluding hydrogens is 658 g/mol. The Morgan fingerprint density at radius 1 is 0.846 bits per heavy atom. The van der Waals surface area contributed by atoms with Gasteiger partial charge in [0.1, 0.15) is 5.75 Å². The summed E-state index contributed by atoms with van der Waals surface area (Å²) in [7, 11) is 1.46. The molecule has 10 nitrogen and oxygen atoms in total. The van der Waals surface area contributed by atoms with Crippen LogP contribution in [0, 0.1) is 30.6 Å². The van der Waals surface area contributed by atoms with E-state index in [2.05, 4.69) is 5.43 Å². The number of imide groups is 2. The molecule has 0 bridgehead atoms. The number of aromatic hydroxyl groups is 2. The van der Waals surface area contributed by atoms with Gasteiger partial charge in [0, 0.05) is 12.5 Å². The third kappa shape index (κ3) is 5.07. The van der Waals surface area contributed by atoms with E-state index in [1.54, 1.807) is 42.5 Å². The molecule has 2 saturated heterocycles. The number of hydrogen-bond acceptors (Lipinski definition) is 8. The number of phenols is 2. The maximum atomic E-state index is 15.2. The van der Waals surface area contributed by atoms with Gasteiger partial charge in [0.05, 0.1) is 36.0 Å². The zero-order valence-corrected chi connectivity index (χ0v) is 28.9. The van der Waals surface area contributed by atoms with Gasteiger partial charge in [0.15, 0.2) is 11.5 Å². The standard InChI is InChI=1S/C42H39N3O7/c1-24-8-13-28(14-9-24)43-45-39(49)33-23-32-30(17-18-31-36(32)40(50)44(38(31)48)21-20-25-10-15-29(46)16-11-25)37(26-12-19-35(52-2)34(47)22-26)42(33,41(45)51)27-6-4-3-5-7-27/h3-17,19,22,31-33,36-37,43,46-47H,18,20-21,23H2,1-2H3. The molecule has 10 heteroatoms. The first-order valence-corrected chi connectivity index (χ1v) is 17.6. The summed E-state index contributed by atoms with van der Waals surface area (Å²) in [5.41, 5.74) is 6.21. The molecule has 4 aromatic rings. The number of methoxy groups -OCH3 is 1. The number of nitrogens with one attached hydrogen (secondary N) is 1. The van der Waals surface area contributed by atoms with Gasteiger partial charge >= 0.3 is 0 Å². The van der Waals surface area contributed by atoms with Crippen molar-refractivity contribution in [3.05, 3.63) is 131 Å². The van der Waals surface area contributed by atoms with E-state index >= 15 is 4.79 Å². The molecule has 4 aromatic carbocycles. The number of anilines is 1. The Hall–Kier alpha value is -5.90. The normalized spacial score (nSPS) is 26.5. The molecule has 2 aliphatic carbocycles. The van der Waals surface area contributed by atoms with E-state index in [9.17, 15) is 24.6 Å². The third-order valence-electron chi connectivity index (χ3n) is 11.6. The van der Waals surface area contributed by atoms with Gasteiger partial charge in [0.25, 0.3) is 11.8 Å². The molecule has 52 heavy (non-hydrogen) atoms. The SMILES string of the molecule is COc1ccc(C2C3=CCC4C(=O)N(CCc5ccc(O)cc5)C(=O)C4C3CC3C(=O)N(Nc4ccc(C)cc4)C(=O)C32c2ccccc2)cc1O. The van der Waals surface area contributed by atoms with Crippen molar-refractivity contribution in [2.24, 2.45) is 23.7 Å². The number of likely N-dealkylation sites (tertiary alicyclic amines) is 1. The summed E-state index contributed by atoms with van der Waals surface area (Å²) in [5.74, 6) is -4.55. The first kappa shape index (κ1) is 33.3. The van der Waals surface area contributed by atoms with E-state index in [-0.39, 0.29) is 42.0 Å². The van der Waals surface area contributed by atoms with Gasteiger partial charge < -0.3 is 14.9 Å². The quantitative estimate of drug-likeness (QED) is 0.159. The van der Waals surface area contributed by atoms with Crippen LogP contribution in [0.25, 0.3) is 0 Å². The van der Waals surface area contributed by atoms with Crippen LogP contribution >= 0.6 is 0 Å². The zero-order valence-electron chi connectivity index (χ0n) is 28.9. The highest BCUT2D eigenvalue weighted by atomic mass is 16.5. The van der Waals surface area contributed by atoms with Gasteiger partial charge in [-0.25, -0.2) is 0 Å². The summed E-state index contributed by atoms with van der Waals surface area (Å²) in [6.45, 7) is 2.15. The van der Waals surface area contributed by atoms with Gasteiger partial charge in [-0.2, -0.15) is 5.01 Å². The van der Waals surface area contributed by atoms with Crippen LogP contribution in [0.1, 0.15) is 41.0 Å². The Morgan fingerprint density at radius 3 is 2.27 bits per heavy atom. The second-order valence-corrected chi connectivity index (χ2v) is 14.3. The number of rotatable bonds is 8. The van der Waals surface area contributed by atoms with E-state index in [0.29, 0.717) is 29.7 Å². The first-order chi connectivity index (χ1) is 25.1. The minimum atomic E-state index is -1.43. The van der Waals surface area contributed by atoms with E-state index in [0.717, 1.165) is 21.7 Å². The molecule has 3 fully saturated rings. The number of carbonyl (C=O) groups excluding carboxylic acids is 4. The molecule has 4 aliphatic rings. The van der Waals surface area contributed by atoms with Crippen LogP contribution in [0.2, 0.25) is 0 Å². The smallest absolute Gasteiger partial charge is 0.260 e. The number of fused-ring (bicyclic) bond motifs is 4. The lowest BCUT2D eigenvalue weighted by atomic mass is 9.49. The van der Waals surface area contributed by atoms with Crippen molar-refractivity contribution in [1.82, 2.24) is 9.91 Å². The Balaban J connectivity index is 1.25. The molecule has 264 valence electrons. The number of phenolic OH excluding ortho intramolecular Hbond substituents is 2. The van der Waals surface area contributed by atoms with Crippen LogP contribution in [-0.4, -0.2) is 57.4 Å². The minimum Gasteiger partial charge on any atom is -0.508 e. The second-order valence-electron chi connectivity index (χ2n) is 14.3. The van der Waals surface area contributed by atoms with Crippen molar-refractivity contribution >= 4 is 29.3 Å². The maximum Gasteiger partial charge on any atom is 0.260 e. The molecule has 3 N–H and O–H groups in total. The van der Waals surface area contributed by atoms with Gasteiger partial charge in [0.2, 0.25) is 11.8 Å². The Labute approximate surface area is 301 Å².